The van der Waals surface area contributed by atoms with Crippen LogP contribution in [0.25, 0.3) is 6.08 Å². The largest absolute Gasteiger partial charge is 0.465 e. The Bertz CT molecular complexity index is 718. The van der Waals surface area contributed by atoms with Crippen molar-refractivity contribution in [2.24, 2.45) is 5.10 Å². The van der Waals surface area contributed by atoms with E-state index in [1.54, 1.807) is 17.2 Å². The average molecular weight is 316 g/mol. The SMILES string of the molecule is CC(=C/c1ccco1)/C=N/n1c(C2CCCCC2)n[nH]c1=S. The normalized spacial score (nSPS) is 17.4. The van der Waals surface area contributed by atoms with Crippen LogP contribution in [0.15, 0.2) is 33.5 Å². The topological polar surface area (TPSA) is 59.1 Å². The number of furan rings is 1. The molecule has 22 heavy (non-hydrogen) atoms. The van der Waals surface area contributed by atoms with Crippen LogP contribution >= 0.6 is 12.2 Å². The zero-order chi connectivity index (χ0) is 15.4. The molecule has 1 N–H and O–H groups in total. The summed E-state index contributed by atoms with van der Waals surface area (Å²) in [6.07, 6.45) is 11.5. The van der Waals surface area contributed by atoms with E-state index in [0.29, 0.717) is 10.7 Å². The maximum absolute atomic E-state index is 5.30. The van der Waals surface area contributed by atoms with Gasteiger partial charge in [-0.2, -0.15) is 14.9 Å². The van der Waals surface area contributed by atoms with Gasteiger partial charge < -0.3 is 4.42 Å². The highest BCUT2D eigenvalue weighted by Gasteiger charge is 2.21. The molecule has 116 valence electrons. The number of allylic oxidation sites excluding steroid dienone is 1. The highest BCUT2D eigenvalue weighted by Crippen LogP contribution is 2.31. The molecule has 0 saturated heterocycles. The third-order valence-electron chi connectivity index (χ3n) is 3.94. The lowest BCUT2D eigenvalue weighted by Gasteiger charge is -2.19. The Balaban J connectivity index is 1.81. The fourth-order valence-corrected chi connectivity index (χ4v) is 3.01. The summed E-state index contributed by atoms with van der Waals surface area (Å²) in [5.41, 5.74) is 0.993. The zero-order valence-corrected chi connectivity index (χ0v) is 13.5. The minimum atomic E-state index is 0.452. The summed E-state index contributed by atoms with van der Waals surface area (Å²) >= 11 is 5.30. The zero-order valence-electron chi connectivity index (χ0n) is 12.7. The number of H-pyrrole nitrogens is 1. The van der Waals surface area contributed by atoms with Crippen LogP contribution in [0.2, 0.25) is 0 Å². The molecule has 5 nitrogen and oxygen atoms in total. The van der Waals surface area contributed by atoms with Gasteiger partial charge in [0.05, 0.1) is 12.5 Å². The molecule has 0 spiro atoms. The van der Waals surface area contributed by atoms with Crippen molar-refractivity contribution in [3.8, 4) is 0 Å². The van der Waals surface area contributed by atoms with Crippen LogP contribution in [0.4, 0.5) is 0 Å². The lowest BCUT2D eigenvalue weighted by molar-refractivity contribution is 0.419. The van der Waals surface area contributed by atoms with Crippen molar-refractivity contribution in [1.29, 1.82) is 0 Å². The molecule has 1 aliphatic rings. The van der Waals surface area contributed by atoms with Crippen molar-refractivity contribution in [3.05, 3.63) is 40.3 Å². The summed E-state index contributed by atoms with van der Waals surface area (Å²) < 4.78 is 7.60. The summed E-state index contributed by atoms with van der Waals surface area (Å²) in [4.78, 5) is 0. The first-order valence-corrected chi connectivity index (χ1v) is 8.08. The van der Waals surface area contributed by atoms with Gasteiger partial charge in [-0.15, -0.1) is 0 Å². The monoisotopic (exact) mass is 316 g/mol. The maximum Gasteiger partial charge on any atom is 0.216 e. The fourth-order valence-electron chi connectivity index (χ4n) is 2.82. The first-order chi connectivity index (χ1) is 10.7. The molecule has 0 bridgehead atoms. The molecule has 3 rings (SSSR count). The lowest BCUT2D eigenvalue weighted by Crippen LogP contribution is -2.10. The van der Waals surface area contributed by atoms with E-state index in [4.69, 9.17) is 16.6 Å². The Morgan fingerprint density at radius 3 is 3.00 bits per heavy atom. The first kappa shape index (κ1) is 15.0. The van der Waals surface area contributed by atoms with Crippen molar-refractivity contribution in [2.75, 3.05) is 0 Å². The third kappa shape index (κ3) is 3.44. The molecule has 2 aromatic heterocycles. The quantitative estimate of drug-likeness (QED) is 0.666. The van der Waals surface area contributed by atoms with E-state index in [-0.39, 0.29) is 0 Å². The molecule has 0 unspecified atom stereocenters. The average Bonchev–Trinajstić information content (AvgIpc) is 3.16. The molecule has 2 heterocycles. The molecular weight excluding hydrogens is 296 g/mol. The van der Waals surface area contributed by atoms with E-state index in [1.807, 2.05) is 25.1 Å². The summed E-state index contributed by atoms with van der Waals surface area (Å²) in [7, 11) is 0. The first-order valence-electron chi connectivity index (χ1n) is 7.67. The molecule has 1 saturated carbocycles. The predicted octanol–water partition coefficient (Wildman–Crippen LogP) is 4.52. The van der Waals surface area contributed by atoms with Gasteiger partial charge in [0.2, 0.25) is 4.77 Å². The standard InChI is InChI=1S/C16H20N4OS/c1-12(10-14-8-5-9-21-14)11-17-20-15(18-19-16(20)22)13-6-3-2-4-7-13/h5,8-11,13H,2-4,6-7H2,1H3,(H,19,22)/b12-10-,17-11+. The van der Waals surface area contributed by atoms with Crippen molar-refractivity contribution in [3.63, 3.8) is 0 Å². The fraction of sp³-hybridized carbons (Fsp3) is 0.438. The van der Waals surface area contributed by atoms with Gasteiger partial charge in [-0.25, -0.2) is 0 Å². The Morgan fingerprint density at radius 2 is 2.27 bits per heavy atom. The van der Waals surface area contributed by atoms with Crippen molar-refractivity contribution < 1.29 is 4.42 Å². The molecule has 2 aromatic rings. The minimum absolute atomic E-state index is 0.452. The second-order valence-corrected chi connectivity index (χ2v) is 6.07. The van der Waals surface area contributed by atoms with Crippen LogP contribution in [-0.4, -0.2) is 21.1 Å². The van der Waals surface area contributed by atoms with Crippen molar-refractivity contribution in [1.82, 2.24) is 14.9 Å². The third-order valence-corrected chi connectivity index (χ3v) is 4.20. The molecule has 1 fully saturated rings. The van der Waals surface area contributed by atoms with E-state index in [0.717, 1.165) is 30.0 Å². The lowest BCUT2D eigenvalue weighted by atomic mass is 9.89. The molecule has 0 amide bonds. The van der Waals surface area contributed by atoms with E-state index >= 15 is 0 Å². The number of hydrogen-bond donors (Lipinski definition) is 1. The molecule has 6 heteroatoms. The Kier molecular flexibility index (Phi) is 4.68. The number of nitrogens with one attached hydrogen (secondary N) is 1. The number of aromatic nitrogens is 3. The van der Waals surface area contributed by atoms with E-state index in [2.05, 4.69) is 15.3 Å². The summed E-state index contributed by atoms with van der Waals surface area (Å²) in [5.74, 6) is 2.22. The van der Waals surface area contributed by atoms with E-state index < -0.39 is 0 Å². The van der Waals surface area contributed by atoms with E-state index in [9.17, 15) is 0 Å². The van der Waals surface area contributed by atoms with Crippen LogP contribution in [0, 0.1) is 4.77 Å². The second-order valence-electron chi connectivity index (χ2n) is 5.68. The molecule has 0 atom stereocenters. The molecule has 0 aromatic carbocycles. The molecule has 0 radical (unpaired) electrons. The maximum atomic E-state index is 5.30. The van der Waals surface area contributed by atoms with Crippen molar-refractivity contribution >= 4 is 24.5 Å². The van der Waals surface area contributed by atoms with Crippen LogP contribution in [0.1, 0.15) is 56.5 Å². The van der Waals surface area contributed by atoms with Gasteiger partial charge in [-0.1, -0.05) is 19.3 Å². The second kappa shape index (κ2) is 6.87. The van der Waals surface area contributed by atoms with Gasteiger partial charge in [-0.3, -0.25) is 5.10 Å². The van der Waals surface area contributed by atoms with Crippen molar-refractivity contribution in [2.45, 2.75) is 44.9 Å². The Hall–Kier alpha value is -1.95. The van der Waals surface area contributed by atoms with Crippen LogP contribution in [-0.2, 0) is 0 Å². The highest BCUT2D eigenvalue weighted by atomic mass is 32.1. The molecule has 0 aliphatic heterocycles. The Labute approximate surface area is 134 Å². The number of hydrogen-bond acceptors (Lipinski definition) is 4. The van der Waals surface area contributed by atoms with E-state index in [1.165, 1.54) is 19.3 Å². The van der Waals surface area contributed by atoms with Crippen LogP contribution in [0.5, 0.6) is 0 Å². The molecule has 1 aliphatic carbocycles. The predicted molar refractivity (Wildman–Crippen MR) is 89.5 cm³/mol. The van der Waals surface area contributed by atoms with Crippen LogP contribution in [0.3, 0.4) is 0 Å². The Morgan fingerprint density at radius 1 is 1.45 bits per heavy atom. The highest BCUT2D eigenvalue weighted by molar-refractivity contribution is 7.71. The summed E-state index contributed by atoms with van der Waals surface area (Å²) in [5, 5.41) is 11.8. The van der Waals surface area contributed by atoms with Gasteiger partial charge in [0.25, 0.3) is 0 Å². The number of nitrogens with zero attached hydrogens (tertiary/aromatic N) is 3. The van der Waals surface area contributed by atoms with Gasteiger partial charge in [-0.05, 0) is 55.8 Å². The minimum Gasteiger partial charge on any atom is -0.465 e. The van der Waals surface area contributed by atoms with Crippen LogP contribution < -0.4 is 0 Å². The molecular formula is C16H20N4OS. The smallest absolute Gasteiger partial charge is 0.216 e. The number of aromatic amines is 1. The number of rotatable bonds is 4. The van der Waals surface area contributed by atoms with Gasteiger partial charge in [0.1, 0.15) is 5.76 Å². The van der Waals surface area contributed by atoms with Gasteiger partial charge >= 0.3 is 0 Å². The van der Waals surface area contributed by atoms with Gasteiger partial charge in [0, 0.05) is 5.92 Å². The summed E-state index contributed by atoms with van der Waals surface area (Å²) in [6, 6.07) is 3.78. The summed E-state index contributed by atoms with van der Waals surface area (Å²) in [6.45, 7) is 1.98. The van der Waals surface area contributed by atoms with Gasteiger partial charge in [0.15, 0.2) is 5.82 Å².